The summed E-state index contributed by atoms with van der Waals surface area (Å²) in [5.41, 5.74) is -0.678. The predicted molar refractivity (Wildman–Crippen MR) is 62.8 cm³/mol. The van der Waals surface area contributed by atoms with Crippen molar-refractivity contribution in [2.24, 2.45) is 0 Å². The second-order valence-corrected chi connectivity index (χ2v) is 4.34. The maximum atomic E-state index is 13.5. The van der Waals surface area contributed by atoms with Crippen molar-refractivity contribution in [1.82, 2.24) is 0 Å². The molecule has 1 rings (SSSR count). The summed E-state index contributed by atoms with van der Waals surface area (Å²) >= 11 is 0. The molecule has 94 valence electrons. The van der Waals surface area contributed by atoms with Gasteiger partial charge >= 0.3 is 0 Å². The van der Waals surface area contributed by atoms with Crippen molar-refractivity contribution in [3.63, 3.8) is 0 Å². The summed E-state index contributed by atoms with van der Waals surface area (Å²) in [5, 5.41) is 9.72. The topological polar surface area (TPSA) is 46.5 Å². The Morgan fingerprint density at radius 3 is 2.65 bits per heavy atom. The monoisotopic (exact) mass is 240 g/mol. The first kappa shape index (κ1) is 13.6. The third-order valence-corrected chi connectivity index (χ3v) is 2.64. The number of hydrogen-bond donors (Lipinski definition) is 1. The molecule has 0 spiro atoms. The van der Waals surface area contributed by atoms with E-state index < -0.39 is 11.4 Å². The van der Waals surface area contributed by atoms with Gasteiger partial charge in [0.25, 0.3) is 0 Å². The van der Waals surface area contributed by atoms with Crippen LogP contribution < -0.4 is 4.74 Å². The number of hydrogen-bond acceptors (Lipinski definition) is 3. The summed E-state index contributed by atoms with van der Waals surface area (Å²) in [6.07, 6.45) is 0.514. The fourth-order valence-electron chi connectivity index (χ4n) is 1.17. The van der Waals surface area contributed by atoms with Crippen LogP contribution in [0.4, 0.5) is 4.39 Å². The van der Waals surface area contributed by atoms with Gasteiger partial charge in [-0.05, 0) is 38.5 Å². The summed E-state index contributed by atoms with van der Waals surface area (Å²) in [5.74, 6) is -0.746. The quantitative estimate of drug-likeness (QED) is 0.804. The van der Waals surface area contributed by atoms with E-state index in [0.29, 0.717) is 12.0 Å². The van der Waals surface area contributed by atoms with Crippen molar-refractivity contribution in [3.8, 4) is 5.75 Å². The smallest absolute Gasteiger partial charge is 0.165 e. The first-order valence-corrected chi connectivity index (χ1v) is 5.51. The summed E-state index contributed by atoms with van der Waals surface area (Å²) in [4.78, 5) is 11.0. The Hall–Kier alpha value is -1.42. The number of halogens is 1. The van der Waals surface area contributed by atoms with Crippen LogP contribution in [0.25, 0.3) is 0 Å². The lowest BCUT2D eigenvalue weighted by atomic mass is 10.1. The van der Waals surface area contributed by atoms with Crippen molar-refractivity contribution in [3.05, 3.63) is 29.6 Å². The highest BCUT2D eigenvalue weighted by atomic mass is 19.1. The van der Waals surface area contributed by atoms with Gasteiger partial charge in [0.2, 0.25) is 0 Å². The van der Waals surface area contributed by atoms with E-state index in [9.17, 15) is 14.3 Å². The van der Waals surface area contributed by atoms with Crippen molar-refractivity contribution in [2.75, 3.05) is 6.61 Å². The van der Waals surface area contributed by atoms with E-state index in [0.717, 1.165) is 6.07 Å². The average Bonchev–Trinajstić information content (AvgIpc) is 2.27. The molecule has 0 radical (unpaired) electrons. The maximum absolute atomic E-state index is 13.5. The maximum Gasteiger partial charge on any atom is 0.165 e. The molecule has 0 aromatic heterocycles. The molecule has 1 atom stereocenters. The largest absolute Gasteiger partial charge is 0.488 e. The molecule has 4 heteroatoms. The van der Waals surface area contributed by atoms with E-state index in [1.165, 1.54) is 19.1 Å². The normalized spacial score (nSPS) is 14.2. The summed E-state index contributed by atoms with van der Waals surface area (Å²) < 4.78 is 18.7. The number of ketones is 1. The third kappa shape index (κ3) is 3.82. The van der Waals surface area contributed by atoms with Gasteiger partial charge in [-0.2, -0.15) is 0 Å². The summed E-state index contributed by atoms with van der Waals surface area (Å²) in [7, 11) is 0. The van der Waals surface area contributed by atoms with Crippen molar-refractivity contribution >= 4 is 5.78 Å². The van der Waals surface area contributed by atoms with E-state index in [-0.39, 0.29) is 18.1 Å². The predicted octanol–water partition coefficient (Wildman–Crippen LogP) is 2.57. The number of ether oxygens (including phenoxy) is 1. The Balaban J connectivity index is 2.77. The van der Waals surface area contributed by atoms with Gasteiger partial charge in [0.15, 0.2) is 17.3 Å². The molecule has 17 heavy (non-hydrogen) atoms. The average molecular weight is 240 g/mol. The Morgan fingerprint density at radius 2 is 2.18 bits per heavy atom. The molecule has 1 aromatic carbocycles. The van der Waals surface area contributed by atoms with Crippen molar-refractivity contribution in [1.29, 1.82) is 0 Å². The number of rotatable bonds is 5. The molecule has 0 saturated carbocycles. The van der Waals surface area contributed by atoms with Crippen LogP contribution in [0.3, 0.4) is 0 Å². The molecule has 0 saturated heterocycles. The Bertz CT molecular complexity index is 413. The van der Waals surface area contributed by atoms with Gasteiger partial charge in [-0.25, -0.2) is 4.39 Å². The molecule has 0 amide bonds. The number of Topliss-reactive ketones (excluding diaryl/α,β-unsaturated/α-hetero) is 1. The molecule has 0 bridgehead atoms. The lowest BCUT2D eigenvalue weighted by Gasteiger charge is -2.21. The first-order valence-electron chi connectivity index (χ1n) is 5.51. The molecule has 1 N–H and O–H groups in total. The zero-order valence-electron chi connectivity index (χ0n) is 10.3. The fourth-order valence-corrected chi connectivity index (χ4v) is 1.17. The molecule has 3 nitrogen and oxygen atoms in total. The minimum Gasteiger partial charge on any atom is -0.488 e. The molecule has 0 aliphatic carbocycles. The van der Waals surface area contributed by atoms with E-state index in [4.69, 9.17) is 4.74 Å². The Morgan fingerprint density at radius 1 is 1.53 bits per heavy atom. The minimum atomic E-state index is -0.980. The molecular formula is C13H17FO3. The van der Waals surface area contributed by atoms with Gasteiger partial charge in [0.1, 0.15) is 6.61 Å². The van der Waals surface area contributed by atoms with Crippen LogP contribution in [0.1, 0.15) is 37.6 Å². The van der Waals surface area contributed by atoms with Crippen LogP contribution in [-0.4, -0.2) is 23.1 Å². The van der Waals surface area contributed by atoms with E-state index >= 15 is 0 Å². The van der Waals surface area contributed by atoms with Gasteiger partial charge in [-0.15, -0.1) is 0 Å². The van der Waals surface area contributed by atoms with Crippen LogP contribution in [-0.2, 0) is 0 Å². The van der Waals surface area contributed by atoms with E-state index in [1.807, 2.05) is 6.92 Å². The minimum absolute atomic E-state index is 0.0137. The SMILES string of the molecule is CCC(C)(O)COc1ccc(C(C)=O)cc1F. The number of carbonyl (C=O) groups excluding carboxylic acids is 1. The van der Waals surface area contributed by atoms with Crippen LogP contribution in [0, 0.1) is 5.82 Å². The number of aliphatic hydroxyl groups is 1. The van der Waals surface area contributed by atoms with Crippen LogP contribution >= 0.6 is 0 Å². The summed E-state index contributed by atoms with van der Waals surface area (Å²) in [6, 6.07) is 4.04. The first-order chi connectivity index (χ1) is 7.85. The molecular weight excluding hydrogens is 223 g/mol. The van der Waals surface area contributed by atoms with Gasteiger partial charge < -0.3 is 9.84 Å². The second kappa shape index (κ2) is 5.27. The van der Waals surface area contributed by atoms with Crippen LogP contribution in [0.5, 0.6) is 5.75 Å². The Labute approximate surface area is 100 Å². The standard InChI is InChI=1S/C13H17FO3/c1-4-13(3,16)8-17-12-6-5-10(9(2)15)7-11(12)14/h5-7,16H,4,8H2,1-3H3. The zero-order valence-corrected chi connectivity index (χ0v) is 10.3. The molecule has 0 heterocycles. The fraction of sp³-hybridized carbons (Fsp3) is 0.462. The highest BCUT2D eigenvalue weighted by Crippen LogP contribution is 2.20. The number of carbonyl (C=O) groups is 1. The van der Waals surface area contributed by atoms with Crippen LogP contribution in [0.15, 0.2) is 18.2 Å². The van der Waals surface area contributed by atoms with Crippen LogP contribution in [0.2, 0.25) is 0 Å². The van der Waals surface area contributed by atoms with Gasteiger partial charge in [0, 0.05) is 5.56 Å². The van der Waals surface area contributed by atoms with Gasteiger partial charge in [0.05, 0.1) is 5.60 Å². The highest BCUT2D eigenvalue weighted by molar-refractivity contribution is 5.94. The van der Waals surface area contributed by atoms with Crippen molar-refractivity contribution < 1.29 is 19.0 Å². The lowest BCUT2D eigenvalue weighted by Crippen LogP contribution is -2.31. The van der Waals surface area contributed by atoms with Gasteiger partial charge in [-0.3, -0.25) is 4.79 Å². The molecule has 0 aliphatic heterocycles. The van der Waals surface area contributed by atoms with Gasteiger partial charge in [-0.1, -0.05) is 6.92 Å². The Kier molecular flexibility index (Phi) is 4.23. The molecule has 0 aliphatic rings. The molecule has 0 fully saturated rings. The summed E-state index contributed by atoms with van der Waals surface area (Å²) in [6.45, 7) is 4.82. The highest BCUT2D eigenvalue weighted by Gasteiger charge is 2.19. The van der Waals surface area contributed by atoms with E-state index in [2.05, 4.69) is 0 Å². The number of benzene rings is 1. The third-order valence-electron chi connectivity index (χ3n) is 2.64. The van der Waals surface area contributed by atoms with E-state index in [1.54, 1.807) is 6.92 Å². The molecule has 1 aromatic rings. The van der Waals surface area contributed by atoms with Crippen molar-refractivity contribution in [2.45, 2.75) is 32.8 Å². The second-order valence-electron chi connectivity index (χ2n) is 4.34. The molecule has 1 unspecified atom stereocenters. The lowest BCUT2D eigenvalue weighted by molar-refractivity contribution is 0.00733. The zero-order chi connectivity index (χ0) is 13.1.